The molecule has 10 heteroatoms. The van der Waals surface area contributed by atoms with E-state index in [-0.39, 0.29) is 16.5 Å². The van der Waals surface area contributed by atoms with Gasteiger partial charge in [-0.1, -0.05) is 25.4 Å². The van der Waals surface area contributed by atoms with Crippen molar-refractivity contribution in [2.24, 2.45) is 5.92 Å². The number of benzene rings is 1. The highest BCUT2D eigenvalue weighted by Crippen LogP contribution is 2.25. The molecule has 0 aliphatic heterocycles. The van der Waals surface area contributed by atoms with E-state index in [0.717, 1.165) is 6.07 Å². The average Bonchev–Trinajstić information content (AvgIpc) is 2.59. The van der Waals surface area contributed by atoms with Gasteiger partial charge in [-0.05, 0) is 31.9 Å². The van der Waals surface area contributed by atoms with Gasteiger partial charge in [-0.25, -0.2) is 4.79 Å². The molecule has 1 aromatic rings. The van der Waals surface area contributed by atoms with Crippen molar-refractivity contribution in [1.29, 1.82) is 0 Å². The third-order valence-electron chi connectivity index (χ3n) is 3.63. The molecule has 0 saturated heterocycles. The molecule has 0 aromatic heterocycles. The predicted octanol–water partition coefficient (Wildman–Crippen LogP) is 2.07. The summed E-state index contributed by atoms with van der Waals surface area (Å²) in [5.74, 6) is -2.27. The van der Waals surface area contributed by atoms with Crippen molar-refractivity contribution in [2.75, 3.05) is 6.54 Å². The normalized spacial score (nSPS) is 12.8. The number of hydrogen-bond donors (Lipinski definition) is 2. The molecule has 2 amide bonds. The van der Waals surface area contributed by atoms with Crippen LogP contribution in [-0.2, 0) is 14.3 Å². The number of nitro groups is 1. The first-order chi connectivity index (χ1) is 12.6. The first-order valence-corrected chi connectivity index (χ1v) is 8.69. The van der Waals surface area contributed by atoms with Crippen LogP contribution in [0.5, 0.6) is 0 Å². The summed E-state index contributed by atoms with van der Waals surface area (Å²) in [6.45, 7) is 6.92. The number of hydrogen-bond acceptors (Lipinski definition) is 6. The van der Waals surface area contributed by atoms with Crippen molar-refractivity contribution >= 4 is 35.1 Å². The lowest BCUT2D eigenvalue weighted by Gasteiger charge is -2.23. The molecule has 27 heavy (non-hydrogen) atoms. The van der Waals surface area contributed by atoms with Crippen molar-refractivity contribution < 1.29 is 24.0 Å². The maximum atomic E-state index is 12.4. The van der Waals surface area contributed by atoms with Gasteiger partial charge in [0.25, 0.3) is 17.5 Å². The number of halogens is 1. The summed E-state index contributed by atoms with van der Waals surface area (Å²) >= 11 is 5.73. The van der Waals surface area contributed by atoms with Crippen LogP contribution in [0.15, 0.2) is 18.2 Å². The van der Waals surface area contributed by atoms with E-state index in [1.807, 2.05) is 0 Å². The van der Waals surface area contributed by atoms with Gasteiger partial charge in [0, 0.05) is 18.2 Å². The Morgan fingerprint density at radius 3 is 2.41 bits per heavy atom. The summed E-state index contributed by atoms with van der Waals surface area (Å²) in [6, 6.07) is 2.53. The number of likely N-dealkylation sites (N-methyl/N-ethyl adjacent to an activating group) is 1. The molecule has 0 fully saturated rings. The molecule has 0 bridgehead atoms. The van der Waals surface area contributed by atoms with Crippen molar-refractivity contribution in [2.45, 2.75) is 39.8 Å². The number of rotatable bonds is 8. The van der Waals surface area contributed by atoms with Gasteiger partial charge in [-0.15, -0.1) is 0 Å². The van der Waals surface area contributed by atoms with Gasteiger partial charge < -0.3 is 15.4 Å². The van der Waals surface area contributed by atoms with Crippen molar-refractivity contribution in [3.05, 3.63) is 38.9 Å². The standard InChI is InChI=1S/C17H22ClN3O6/c1-5-19-15(22)10(4)27-17(24)14(9(2)3)20-16(23)11-6-7-12(18)13(8-11)21(25)26/h6-10,14H,5H2,1-4H3,(H,19,22)(H,20,23)/t10-,14-/m0/s1. The molecule has 2 N–H and O–H groups in total. The minimum atomic E-state index is -1.04. The molecule has 0 aliphatic carbocycles. The van der Waals surface area contributed by atoms with Crippen LogP contribution < -0.4 is 10.6 Å². The van der Waals surface area contributed by atoms with Crippen LogP contribution in [0.4, 0.5) is 5.69 Å². The molecule has 0 unspecified atom stereocenters. The highest BCUT2D eigenvalue weighted by molar-refractivity contribution is 6.32. The number of amides is 2. The van der Waals surface area contributed by atoms with Gasteiger partial charge in [0.2, 0.25) is 0 Å². The van der Waals surface area contributed by atoms with E-state index in [4.69, 9.17) is 16.3 Å². The lowest BCUT2D eigenvalue weighted by molar-refractivity contribution is -0.384. The number of carbonyl (C=O) groups is 3. The van der Waals surface area contributed by atoms with E-state index in [0.29, 0.717) is 6.54 Å². The van der Waals surface area contributed by atoms with Crippen LogP contribution in [0.25, 0.3) is 0 Å². The molecular formula is C17H22ClN3O6. The lowest BCUT2D eigenvalue weighted by Crippen LogP contribution is -2.47. The highest BCUT2D eigenvalue weighted by atomic mass is 35.5. The average molecular weight is 400 g/mol. The molecule has 148 valence electrons. The highest BCUT2D eigenvalue weighted by Gasteiger charge is 2.29. The molecule has 9 nitrogen and oxygen atoms in total. The van der Waals surface area contributed by atoms with Gasteiger partial charge in [0.1, 0.15) is 11.1 Å². The second-order valence-electron chi connectivity index (χ2n) is 6.09. The van der Waals surface area contributed by atoms with Gasteiger partial charge in [0.15, 0.2) is 6.10 Å². The second-order valence-corrected chi connectivity index (χ2v) is 6.50. The monoisotopic (exact) mass is 399 g/mol. The maximum absolute atomic E-state index is 12.4. The number of ether oxygens (including phenoxy) is 1. The quantitative estimate of drug-likeness (QED) is 0.391. The number of nitrogens with one attached hydrogen (secondary N) is 2. The molecule has 1 aromatic carbocycles. The van der Waals surface area contributed by atoms with E-state index >= 15 is 0 Å². The molecule has 0 spiro atoms. The molecule has 0 heterocycles. The zero-order valence-corrected chi connectivity index (χ0v) is 16.2. The molecular weight excluding hydrogens is 378 g/mol. The Hall–Kier alpha value is -2.68. The summed E-state index contributed by atoms with van der Waals surface area (Å²) in [7, 11) is 0. The van der Waals surface area contributed by atoms with Crippen LogP contribution in [-0.4, -0.2) is 41.4 Å². The van der Waals surface area contributed by atoms with E-state index in [1.165, 1.54) is 19.1 Å². The zero-order chi connectivity index (χ0) is 20.7. The SMILES string of the molecule is CCNC(=O)[C@H](C)OC(=O)[C@@H](NC(=O)c1ccc(Cl)c([N+](=O)[O-])c1)C(C)C. The molecule has 0 radical (unpaired) electrons. The Balaban J connectivity index is 2.92. The Morgan fingerprint density at radius 1 is 1.26 bits per heavy atom. The minimum absolute atomic E-state index is 0.0266. The number of esters is 1. The summed E-state index contributed by atoms with van der Waals surface area (Å²) in [5, 5.41) is 15.9. The summed E-state index contributed by atoms with van der Waals surface area (Å²) in [5.41, 5.74) is -0.445. The Kier molecular flexibility index (Phi) is 8.17. The van der Waals surface area contributed by atoms with E-state index in [2.05, 4.69) is 10.6 Å². The van der Waals surface area contributed by atoms with Crippen LogP contribution in [0.1, 0.15) is 38.1 Å². The Bertz CT molecular complexity index is 737. The van der Waals surface area contributed by atoms with Crippen molar-refractivity contribution in [1.82, 2.24) is 10.6 Å². The van der Waals surface area contributed by atoms with Crippen LogP contribution in [0.3, 0.4) is 0 Å². The van der Waals surface area contributed by atoms with Crippen molar-refractivity contribution in [3.8, 4) is 0 Å². The van der Waals surface area contributed by atoms with E-state index in [9.17, 15) is 24.5 Å². The van der Waals surface area contributed by atoms with E-state index < -0.39 is 40.5 Å². The molecule has 1 rings (SSSR count). The van der Waals surface area contributed by atoms with E-state index in [1.54, 1.807) is 20.8 Å². The number of carbonyl (C=O) groups excluding carboxylic acids is 3. The third kappa shape index (κ3) is 6.21. The summed E-state index contributed by atoms with van der Waals surface area (Å²) in [6.07, 6.45) is -1.02. The topological polar surface area (TPSA) is 128 Å². The first-order valence-electron chi connectivity index (χ1n) is 8.31. The van der Waals surface area contributed by atoms with Crippen LogP contribution >= 0.6 is 11.6 Å². The fourth-order valence-corrected chi connectivity index (χ4v) is 2.32. The van der Waals surface area contributed by atoms with Gasteiger partial charge in [-0.2, -0.15) is 0 Å². The Labute approximate surface area is 161 Å². The number of nitrogens with zero attached hydrogens (tertiary/aromatic N) is 1. The fraction of sp³-hybridized carbons (Fsp3) is 0.471. The van der Waals surface area contributed by atoms with Gasteiger partial charge in [-0.3, -0.25) is 19.7 Å². The van der Waals surface area contributed by atoms with Crippen LogP contribution in [0.2, 0.25) is 5.02 Å². The Morgan fingerprint density at radius 2 is 1.89 bits per heavy atom. The first kappa shape index (κ1) is 22.4. The molecule has 2 atom stereocenters. The van der Waals surface area contributed by atoms with Gasteiger partial charge >= 0.3 is 5.97 Å². The smallest absolute Gasteiger partial charge is 0.329 e. The molecule has 0 aliphatic rings. The third-order valence-corrected chi connectivity index (χ3v) is 3.94. The zero-order valence-electron chi connectivity index (χ0n) is 15.4. The summed E-state index contributed by atoms with van der Waals surface area (Å²) < 4.78 is 5.11. The second kappa shape index (κ2) is 9.86. The van der Waals surface area contributed by atoms with Crippen LogP contribution in [0, 0.1) is 16.0 Å². The largest absolute Gasteiger partial charge is 0.451 e. The minimum Gasteiger partial charge on any atom is -0.451 e. The summed E-state index contributed by atoms with van der Waals surface area (Å²) in [4.78, 5) is 46.7. The maximum Gasteiger partial charge on any atom is 0.329 e. The molecule has 0 saturated carbocycles. The number of nitro benzene ring substituents is 1. The van der Waals surface area contributed by atoms with Crippen molar-refractivity contribution in [3.63, 3.8) is 0 Å². The predicted molar refractivity (Wildman–Crippen MR) is 98.4 cm³/mol. The van der Waals surface area contributed by atoms with Gasteiger partial charge in [0.05, 0.1) is 4.92 Å². The fourth-order valence-electron chi connectivity index (χ4n) is 2.14. The lowest BCUT2D eigenvalue weighted by atomic mass is 10.0.